The molecule has 0 unspecified atom stereocenters. The van der Waals surface area contributed by atoms with Gasteiger partial charge in [-0.1, -0.05) is 0 Å². The van der Waals surface area contributed by atoms with Crippen molar-refractivity contribution in [3.63, 3.8) is 0 Å². The molecule has 148 valence electrons. The van der Waals surface area contributed by atoms with Crippen LogP contribution in [0.4, 0.5) is 4.79 Å². The quantitative estimate of drug-likeness (QED) is 0.328. The van der Waals surface area contributed by atoms with Crippen molar-refractivity contribution in [2.45, 2.75) is 32.4 Å². The molecule has 1 saturated heterocycles. The van der Waals surface area contributed by atoms with Crippen molar-refractivity contribution in [2.75, 3.05) is 60.5 Å². The van der Waals surface area contributed by atoms with Crippen LogP contribution in [0.25, 0.3) is 0 Å². The van der Waals surface area contributed by atoms with Crippen LogP contribution in [0.5, 0.6) is 0 Å². The first kappa shape index (κ1) is 24.2. The van der Waals surface area contributed by atoms with Crippen LogP contribution in [0, 0.1) is 0 Å². The summed E-state index contributed by atoms with van der Waals surface area (Å²) >= 11 is 0. The number of nitrogens with one attached hydrogen (secondary N) is 2. The van der Waals surface area contributed by atoms with Crippen LogP contribution in [0.3, 0.4) is 0 Å². The highest BCUT2D eigenvalue weighted by atomic mass is 127. The summed E-state index contributed by atoms with van der Waals surface area (Å²) in [6, 6.07) is 0.204. The topological polar surface area (TPSA) is 78.4 Å². The van der Waals surface area contributed by atoms with E-state index >= 15 is 0 Å². The number of methoxy groups -OCH3 is 1. The fourth-order valence-corrected chi connectivity index (χ4v) is 2.16. The van der Waals surface area contributed by atoms with E-state index in [1.807, 2.05) is 20.8 Å². The van der Waals surface area contributed by atoms with Gasteiger partial charge in [0.1, 0.15) is 5.60 Å². The Kier molecular flexibility index (Phi) is 11.4. The summed E-state index contributed by atoms with van der Waals surface area (Å²) in [5.41, 5.74) is -0.456. The zero-order chi connectivity index (χ0) is 18.2. The number of amides is 1. The van der Waals surface area contributed by atoms with Crippen molar-refractivity contribution in [1.29, 1.82) is 0 Å². The monoisotopic (exact) mass is 471 g/mol. The van der Waals surface area contributed by atoms with Gasteiger partial charge >= 0.3 is 6.09 Å². The SMILES string of the molecule is CN=C(NCCN(C)CCOC)NC1CN(C(=O)OC(C)(C)C)C1.I. The second-order valence-electron chi connectivity index (χ2n) is 7.02. The molecular formula is C16H34IN5O3. The molecule has 25 heavy (non-hydrogen) atoms. The molecule has 0 aliphatic carbocycles. The number of likely N-dealkylation sites (N-methyl/N-ethyl adjacent to an activating group) is 1. The number of hydrogen-bond donors (Lipinski definition) is 2. The number of nitrogens with zero attached hydrogens (tertiary/aromatic N) is 3. The van der Waals surface area contributed by atoms with E-state index in [0.717, 1.165) is 32.2 Å². The summed E-state index contributed by atoms with van der Waals surface area (Å²) in [6.07, 6.45) is -0.261. The first-order valence-electron chi connectivity index (χ1n) is 8.37. The Labute approximate surface area is 168 Å². The Balaban J connectivity index is 0.00000576. The highest BCUT2D eigenvalue weighted by Gasteiger charge is 2.34. The van der Waals surface area contributed by atoms with Crippen molar-refractivity contribution >= 4 is 36.0 Å². The number of aliphatic imine (C=N–C) groups is 1. The van der Waals surface area contributed by atoms with Crippen LogP contribution >= 0.6 is 24.0 Å². The van der Waals surface area contributed by atoms with Crippen LogP contribution in [-0.4, -0.2) is 94.0 Å². The fraction of sp³-hybridized carbons (Fsp3) is 0.875. The minimum absolute atomic E-state index is 0. The van der Waals surface area contributed by atoms with Crippen molar-refractivity contribution in [2.24, 2.45) is 4.99 Å². The molecule has 0 aromatic heterocycles. The first-order valence-corrected chi connectivity index (χ1v) is 8.37. The molecular weight excluding hydrogens is 437 g/mol. The van der Waals surface area contributed by atoms with Crippen LogP contribution in [-0.2, 0) is 9.47 Å². The highest BCUT2D eigenvalue weighted by molar-refractivity contribution is 14.0. The molecule has 1 aliphatic heterocycles. The van der Waals surface area contributed by atoms with Gasteiger partial charge < -0.3 is 29.9 Å². The summed E-state index contributed by atoms with van der Waals surface area (Å²) in [7, 11) is 5.51. The molecule has 0 atom stereocenters. The summed E-state index contributed by atoms with van der Waals surface area (Å²) < 4.78 is 10.4. The molecule has 8 nitrogen and oxygen atoms in total. The highest BCUT2D eigenvalue weighted by Crippen LogP contribution is 2.15. The maximum atomic E-state index is 11.9. The van der Waals surface area contributed by atoms with Gasteiger partial charge in [0.05, 0.1) is 12.6 Å². The van der Waals surface area contributed by atoms with Crippen molar-refractivity contribution in [3.8, 4) is 0 Å². The normalized spacial score (nSPS) is 15.5. The van der Waals surface area contributed by atoms with E-state index in [0.29, 0.717) is 13.1 Å². The number of ether oxygens (including phenoxy) is 2. The number of halogens is 1. The molecule has 0 saturated carbocycles. The number of carbonyl (C=O) groups is 1. The Bertz CT molecular complexity index is 422. The molecule has 0 bridgehead atoms. The van der Waals surface area contributed by atoms with E-state index in [4.69, 9.17) is 9.47 Å². The molecule has 0 radical (unpaired) electrons. The standard InChI is InChI=1S/C16H33N5O3.HI/c1-16(2,3)24-15(22)21-11-13(12-21)19-14(17-4)18-7-8-20(5)9-10-23-6;/h13H,7-12H2,1-6H3,(H2,17,18,19);1H. The number of guanidine groups is 1. The molecule has 1 amide bonds. The second-order valence-corrected chi connectivity index (χ2v) is 7.02. The summed E-state index contributed by atoms with van der Waals surface area (Å²) in [4.78, 5) is 20.0. The van der Waals surface area contributed by atoms with Crippen LogP contribution in [0.2, 0.25) is 0 Å². The average molecular weight is 471 g/mol. The molecule has 2 N–H and O–H groups in total. The van der Waals surface area contributed by atoms with Gasteiger partial charge in [-0.2, -0.15) is 0 Å². The van der Waals surface area contributed by atoms with Gasteiger partial charge in [-0.25, -0.2) is 4.79 Å². The van der Waals surface area contributed by atoms with Gasteiger partial charge in [-0.05, 0) is 27.8 Å². The molecule has 0 aromatic rings. The lowest BCUT2D eigenvalue weighted by atomic mass is 10.1. The van der Waals surface area contributed by atoms with Gasteiger partial charge in [0.25, 0.3) is 0 Å². The van der Waals surface area contributed by atoms with E-state index in [-0.39, 0.29) is 36.1 Å². The van der Waals surface area contributed by atoms with Gasteiger partial charge in [0.15, 0.2) is 5.96 Å². The predicted octanol–water partition coefficient (Wildman–Crippen LogP) is 0.967. The van der Waals surface area contributed by atoms with E-state index in [2.05, 4.69) is 27.6 Å². The maximum Gasteiger partial charge on any atom is 0.410 e. The minimum atomic E-state index is -0.456. The molecule has 0 aromatic carbocycles. The molecule has 1 rings (SSSR count). The zero-order valence-electron chi connectivity index (χ0n) is 16.3. The van der Waals surface area contributed by atoms with E-state index in [1.54, 1.807) is 19.1 Å². The number of likely N-dealkylation sites (tertiary alicyclic amines) is 1. The lowest BCUT2D eigenvalue weighted by molar-refractivity contribution is 0.00701. The Morgan fingerprint density at radius 2 is 1.96 bits per heavy atom. The van der Waals surface area contributed by atoms with Crippen LogP contribution in [0.1, 0.15) is 20.8 Å². The third kappa shape index (κ3) is 10.0. The van der Waals surface area contributed by atoms with Crippen LogP contribution in [0.15, 0.2) is 4.99 Å². The Morgan fingerprint density at radius 3 is 2.48 bits per heavy atom. The minimum Gasteiger partial charge on any atom is -0.444 e. The molecule has 0 spiro atoms. The molecule has 9 heteroatoms. The zero-order valence-corrected chi connectivity index (χ0v) is 18.6. The van der Waals surface area contributed by atoms with Crippen molar-refractivity contribution < 1.29 is 14.3 Å². The average Bonchev–Trinajstić information content (AvgIpc) is 2.44. The van der Waals surface area contributed by atoms with Crippen LogP contribution < -0.4 is 10.6 Å². The number of hydrogen-bond acceptors (Lipinski definition) is 5. The smallest absolute Gasteiger partial charge is 0.410 e. The summed E-state index contributed by atoms with van der Waals surface area (Å²) in [5, 5.41) is 6.59. The third-order valence-corrected chi connectivity index (χ3v) is 3.56. The van der Waals surface area contributed by atoms with E-state index in [1.165, 1.54) is 0 Å². The maximum absolute atomic E-state index is 11.9. The number of rotatable bonds is 7. The third-order valence-electron chi connectivity index (χ3n) is 3.56. The van der Waals surface area contributed by atoms with Crippen molar-refractivity contribution in [3.05, 3.63) is 0 Å². The van der Waals surface area contributed by atoms with Gasteiger partial charge in [0.2, 0.25) is 0 Å². The Morgan fingerprint density at radius 1 is 1.32 bits per heavy atom. The van der Waals surface area contributed by atoms with Gasteiger partial charge in [-0.3, -0.25) is 4.99 Å². The fourth-order valence-electron chi connectivity index (χ4n) is 2.16. The largest absolute Gasteiger partial charge is 0.444 e. The van der Waals surface area contributed by atoms with Gasteiger partial charge in [-0.15, -0.1) is 24.0 Å². The Hall–Kier alpha value is -0.810. The number of carbonyl (C=O) groups excluding carboxylic acids is 1. The first-order chi connectivity index (χ1) is 11.2. The lowest BCUT2D eigenvalue weighted by Crippen LogP contribution is -2.63. The second kappa shape index (κ2) is 11.7. The molecule has 1 heterocycles. The van der Waals surface area contributed by atoms with Gasteiger partial charge in [0, 0.05) is 46.9 Å². The summed E-state index contributed by atoms with van der Waals surface area (Å²) in [6.45, 7) is 10.2. The van der Waals surface area contributed by atoms with E-state index < -0.39 is 5.60 Å². The predicted molar refractivity (Wildman–Crippen MR) is 111 cm³/mol. The van der Waals surface area contributed by atoms with Crippen molar-refractivity contribution in [1.82, 2.24) is 20.4 Å². The molecule has 1 fully saturated rings. The lowest BCUT2D eigenvalue weighted by Gasteiger charge is -2.40. The summed E-state index contributed by atoms with van der Waals surface area (Å²) in [5.74, 6) is 0.754. The molecule has 1 aliphatic rings. The van der Waals surface area contributed by atoms with E-state index in [9.17, 15) is 4.79 Å².